The molecule has 4 nitrogen and oxygen atoms in total. The highest BCUT2D eigenvalue weighted by Gasteiger charge is 2.07. The molecule has 1 aromatic heterocycles. The highest BCUT2D eigenvalue weighted by atomic mass is 32.2. The van der Waals surface area contributed by atoms with Crippen LogP contribution >= 0.6 is 23.1 Å². The summed E-state index contributed by atoms with van der Waals surface area (Å²) in [6, 6.07) is 0. The molecule has 0 bridgehead atoms. The predicted octanol–water partition coefficient (Wildman–Crippen LogP) is 1.34. The number of aromatic nitrogens is 2. The van der Waals surface area contributed by atoms with Crippen molar-refractivity contribution in [2.24, 2.45) is 5.73 Å². The maximum atomic E-state index is 7.09. The van der Waals surface area contributed by atoms with Crippen molar-refractivity contribution in [3.8, 4) is 0 Å². The predicted molar refractivity (Wildman–Crippen MR) is 51.8 cm³/mol. The molecule has 12 heavy (non-hydrogen) atoms. The van der Waals surface area contributed by atoms with E-state index >= 15 is 0 Å². The van der Waals surface area contributed by atoms with E-state index in [0.717, 1.165) is 4.34 Å². The molecule has 1 heterocycles. The van der Waals surface area contributed by atoms with Crippen LogP contribution in [0.3, 0.4) is 0 Å². The Morgan fingerprint density at radius 3 is 3.17 bits per heavy atom. The van der Waals surface area contributed by atoms with E-state index in [2.05, 4.69) is 10.2 Å². The van der Waals surface area contributed by atoms with Gasteiger partial charge < -0.3 is 5.73 Å². The lowest BCUT2D eigenvalue weighted by atomic mass is 10.3. The molecule has 1 unspecified atom stereocenters. The zero-order valence-electron chi connectivity index (χ0n) is 6.65. The fourth-order valence-electron chi connectivity index (χ4n) is 0.738. The summed E-state index contributed by atoms with van der Waals surface area (Å²) in [4.78, 5) is 0. The molecule has 0 spiro atoms. The van der Waals surface area contributed by atoms with Gasteiger partial charge in [0.05, 0.1) is 5.84 Å². The van der Waals surface area contributed by atoms with Crippen molar-refractivity contribution in [2.45, 2.75) is 22.9 Å². The first-order chi connectivity index (χ1) is 5.68. The molecule has 0 aliphatic carbocycles. The third-order valence-electron chi connectivity index (χ3n) is 1.15. The van der Waals surface area contributed by atoms with Gasteiger partial charge in [-0.25, -0.2) is 0 Å². The Labute approximate surface area is 79.1 Å². The minimum atomic E-state index is 0.222. The molecule has 0 amide bonds. The average Bonchev–Trinajstić information content (AvgIpc) is 2.37. The lowest BCUT2D eigenvalue weighted by Gasteiger charge is -2.05. The third-order valence-corrected chi connectivity index (χ3v) is 3.06. The Morgan fingerprint density at radius 2 is 2.67 bits per heavy atom. The summed E-state index contributed by atoms with van der Waals surface area (Å²) in [5, 5.41) is 15.0. The number of hydrogen-bond acceptors (Lipinski definition) is 5. The van der Waals surface area contributed by atoms with Gasteiger partial charge in [0, 0.05) is 11.7 Å². The van der Waals surface area contributed by atoms with Gasteiger partial charge in [0.1, 0.15) is 5.51 Å². The molecule has 0 radical (unpaired) electrons. The third kappa shape index (κ3) is 3.19. The number of rotatable bonds is 4. The van der Waals surface area contributed by atoms with Crippen LogP contribution in [0, 0.1) is 5.41 Å². The van der Waals surface area contributed by atoms with Gasteiger partial charge in [0.15, 0.2) is 4.34 Å². The maximum Gasteiger partial charge on any atom is 0.174 e. The van der Waals surface area contributed by atoms with E-state index in [1.807, 2.05) is 6.92 Å². The first kappa shape index (κ1) is 9.47. The largest absolute Gasteiger partial charge is 0.388 e. The molecular weight excluding hydrogens is 192 g/mol. The second-order valence-electron chi connectivity index (χ2n) is 2.36. The van der Waals surface area contributed by atoms with Gasteiger partial charge in [0.25, 0.3) is 0 Å². The van der Waals surface area contributed by atoms with Gasteiger partial charge in [-0.15, -0.1) is 10.2 Å². The fraction of sp³-hybridized carbons (Fsp3) is 0.500. The lowest BCUT2D eigenvalue weighted by molar-refractivity contribution is 0.971. The standard InChI is InChI=1S/C6H10N4S2/c1-4(2-5(7)8)12-6-10-9-3-11-6/h3-4H,2H2,1H3,(H3,7,8). The van der Waals surface area contributed by atoms with Crippen LogP contribution in [-0.2, 0) is 0 Å². The minimum Gasteiger partial charge on any atom is -0.388 e. The van der Waals surface area contributed by atoms with Crippen molar-refractivity contribution >= 4 is 28.9 Å². The molecule has 1 aromatic rings. The van der Waals surface area contributed by atoms with Crippen molar-refractivity contribution in [2.75, 3.05) is 0 Å². The van der Waals surface area contributed by atoms with Gasteiger partial charge >= 0.3 is 0 Å². The molecule has 6 heteroatoms. The van der Waals surface area contributed by atoms with Crippen LogP contribution in [0.15, 0.2) is 9.85 Å². The molecule has 1 rings (SSSR count). The number of nitrogens with zero attached hydrogens (tertiary/aromatic N) is 2. The number of thioether (sulfide) groups is 1. The molecule has 66 valence electrons. The molecule has 1 atom stereocenters. The van der Waals surface area contributed by atoms with Gasteiger partial charge in [-0.2, -0.15) is 0 Å². The Bertz CT molecular complexity index is 246. The molecule has 0 fully saturated rings. The maximum absolute atomic E-state index is 7.09. The van der Waals surface area contributed by atoms with E-state index in [9.17, 15) is 0 Å². The fourth-order valence-corrected chi connectivity index (χ4v) is 2.56. The summed E-state index contributed by atoms with van der Waals surface area (Å²) in [6.07, 6.45) is 0.601. The monoisotopic (exact) mass is 202 g/mol. The number of nitrogens with one attached hydrogen (secondary N) is 1. The molecule has 3 N–H and O–H groups in total. The van der Waals surface area contributed by atoms with Crippen LogP contribution in [0.25, 0.3) is 0 Å². The van der Waals surface area contributed by atoms with E-state index in [1.54, 1.807) is 17.3 Å². The van der Waals surface area contributed by atoms with Crippen LogP contribution in [0.1, 0.15) is 13.3 Å². The summed E-state index contributed by atoms with van der Waals surface area (Å²) in [5.74, 6) is 0.222. The highest BCUT2D eigenvalue weighted by molar-refractivity contribution is 8.01. The topological polar surface area (TPSA) is 75.7 Å². The van der Waals surface area contributed by atoms with E-state index in [1.165, 1.54) is 11.3 Å². The average molecular weight is 202 g/mol. The quantitative estimate of drug-likeness (QED) is 0.439. The Balaban J connectivity index is 2.36. The number of nitrogens with two attached hydrogens (primary N) is 1. The van der Waals surface area contributed by atoms with Crippen molar-refractivity contribution in [3.63, 3.8) is 0 Å². The zero-order valence-corrected chi connectivity index (χ0v) is 8.28. The van der Waals surface area contributed by atoms with Gasteiger partial charge in [-0.1, -0.05) is 30.0 Å². The van der Waals surface area contributed by atoms with Gasteiger partial charge in [0.2, 0.25) is 0 Å². The van der Waals surface area contributed by atoms with E-state index in [-0.39, 0.29) is 5.84 Å². The second-order valence-corrected chi connectivity index (χ2v) is 4.88. The van der Waals surface area contributed by atoms with Crippen molar-refractivity contribution in [1.82, 2.24) is 10.2 Å². The number of amidine groups is 1. The smallest absolute Gasteiger partial charge is 0.174 e. The first-order valence-corrected chi connectivity index (χ1v) is 5.20. The summed E-state index contributed by atoms with van der Waals surface area (Å²) in [5.41, 5.74) is 6.96. The SMILES string of the molecule is CC(CC(=N)N)Sc1nncs1. The van der Waals surface area contributed by atoms with Crippen LogP contribution in [-0.4, -0.2) is 21.3 Å². The minimum absolute atomic E-state index is 0.222. The van der Waals surface area contributed by atoms with Crippen molar-refractivity contribution in [1.29, 1.82) is 5.41 Å². The Kier molecular flexibility index (Phi) is 3.48. The van der Waals surface area contributed by atoms with Gasteiger partial charge in [-0.3, -0.25) is 5.41 Å². The van der Waals surface area contributed by atoms with Crippen molar-refractivity contribution < 1.29 is 0 Å². The molecule has 0 saturated carbocycles. The van der Waals surface area contributed by atoms with Gasteiger partial charge in [-0.05, 0) is 0 Å². The summed E-state index contributed by atoms with van der Waals surface area (Å²) >= 11 is 3.11. The molecule has 0 aliphatic rings. The molecule has 0 saturated heterocycles. The normalized spacial score (nSPS) is 12.8. The van der Waals surface area contributed by atoms with Crippen LogP contribution < -0.4 is 5.73 Å². The van der Waals surface area contributed by atoms with Crippen LogP contribution in [0.5, 0.6) is 0 Å². The Hall–Kier alpha value is -0.620. The molecule has 0 aliphatic heterocycles. The Morgan fingerprint density at radius 1 is 1.92 bits per heavy atom. The van der Waals surface area contributed by atoms with E-state index < -0.39 is 0 Å². The van der Waals surface area contributed by atoms with Crippen LogP contribution in [0.2, 0.25) is 0 Å². The second kappa shape index (κ2) is 4.42. The molecular formula is C6H10N4S2. The highest BCUT2D eigenvalue weighted by Crippen LogP contribution is 2.25. The summed E-state index contributed by atoms with van der Waals surface area (Å²) in [7, 11) is 0. The van der Waals surface area contributed by atoms with E-state index in [0.29, 0.717) is 11.7 Å². The number of hydrogen-bond donors (Lipinski definition) is 2. The molecule has 0 aromatic carbocycles. The van der Waals surface area contributed by atoms with Crippen molar-refractivity contribution in [3.05, 3.63) is 5.51 Å². The lowest BCUT2D eigenvalue weighted by Crippen LogP contribution is -2.14. The first-order valence-electron chi connectivity index (χ1n) is 3.44. The van der Waals surface area contributed by atoms with E-state index in [4.69, 9.17) is 11.1 Å². The summed E-state index contributed by atoms with van der Waals surface area (Å²) < 4.78 is 0.934. The van der Waals surface area contributed by atoms with Crippen LogP contribution in [0.4, 0.5) is 0 Å². The summed E-state index contributed by atoms with van der Waals surface area (Å²) in [6.45, 7) is 2.02. The zero-order chi connectivity index (χ0) is 8.97.